The number of carbonyl (C=O) groups is 1. The number of fused-ring (bicyclic) bond motifs is 1. The molecule has 0 saturated carbocycles. The molecule has 0 aliphatic carbocycles. The number of aromatic nitrogens is 4. The second-order valence-electron chi connectivity index (χ2n) is 6.84. The molecular formula is C18H22N6O2S. The number of para-hydroxylation sites is 2. The predicted octanol–water partition coefficient (Wildman–Crippen LogP) is 2.44. The summed E-state index contributed by atoms with van der Waals surface area (Å²) in [6.07, 6.45) is 2.00. The van der Waals surface area contributed by atoms with Gasteiger partial charge in [-0.3, -0.25) is 10.1 Å². The van der Waals surface area contributed by atoms with Crippen LogP contribution < -0.4 is 5.32 Å². The number of benzene rings is 1. The first kappa shape index (κ1) is 18.0. The summed E-state index contributed by atoms with van der Waals surface area (Å²) < 4.78 is 7.57. The molecule has 1 unspecified atom stereocenters. The second-order valence-corrected chi connectivity index (χ2v) is 7.85. The predicted molar refractivity (Wildman–Crippen MR) is 104 cm³/mol. The Morgan fingerprint density at radius 3 is 3.00 bits per heavy atom. The first-order valence-corrected chi connectivity index (χ1v) is 9.75. The molecule has 3 aromatic rings. The highest BCUT2D eigenvalue weighted by molar-refractivity contribution is 7.15. The molecule has 2 aromatic heterocycles. The van der Waals surface area contributed by atoms with Crippen LogP contribution in [0.3, 0.4) is 0 Å². The number of amides is 1. The average Bonchev–Trinajstić information content (AvgIpc) is 3.35. The fraction of sp³-hybridized carbons (Fsp3) is 0.444. The van der Waals surface area contributed by atoms with E-state index in [4.69, 9.17) is 4.74 Å². The van der Waals surface area contributed by atoms with Crippen molar-refractivity contribution in [1.29, 1.82) is 0 Å². The summed E-state index contributed by atoms with van der Waals surface area (Å²) in [5.41, 5.74) is 1.83. The van der Waals surface area contributed by atoms with Crippen LogP contribution in [0.25, 0.3) is 11.0 Å². The minimum atomic E-state index is -0.145. The van der Waals surface area contributed by atoms with E-state index in [1.54, 1.807) is 0 Å². The summed E-state index contributed by atoms with van der Waals surface area (Å²) in [6, 6.07) is 7.85. The molecule has 142 valence electrons. The van der Waals surface area contributed by atoms with Crippen LogP contribution in [0.5, 0.6) is 0 Å². The summed E-state index contributed by atoms with van der Waals surface area (Å²) in [7, 11) is 3.97. The molecule has 1 amide bonds. The Balaban J connectivity index is 1.50. The van der Waals surface area contributed by atoms with E-state index in [2.05, 4.69) is 20.5 Å². The van der Waals surface area contributed by atoms with Crippen molar-refractivity contribution < 1.29 is 9.53 Å². The van der Waals surface area contributed by atoms with Crippen LogP contribution in [-0.4, -0.2) is 51.3 Å². The quantitative estimate of drug-likeness (QED) is 0.700. The van der Waals surface area contributed by atoms with Gasteiger partial charge in [-0.05, 0) is 39.1 Å². The second kappa shape index (κ2) is 7.71. The molecule has 1 aliphatic heterocycles. The largest absolute Gasteiger partial charge is 0.371 e. The van der Waals surface area contributed by atoms with E-state index in [-0.39, 0.29) is 18.6 Å². The van der Waals surface area contributed by atoms with Gasteiger partial charge in [-0.1, -0.05) is 23.5 Å². The average molecular weight is 386 g/mol. The van der Waals surface area contributed by atoms with E-state index in [0.29, 0.717) is 11.7 Å². The van der Waals surface area contributed by atoms with Crippen LogP contribution >= 0.6 is 11.3 Å². The Bertz CT molecular complexity index is 944. The molecule has 1 saturated heterocycles. The zero-order valence-electron chi connectivity index (χ0n) is 15.4. The monoisotopic (exact) mass is 386 g/mol. The Kier molecular flexibility index (Phi) is 5.15. The van der Waals surface area contributed by atoms with Crippen molar-refractivity contribution in [2.45, 2.75) is 32.0 Å². The smallest absolute Gasteiger partial charge is 0.246 e. The summed E-state index contributed by atoms with van der Waals surface area (Å²) in [5, 5.41) is 12.4. The number of nitrogens with zero attached hydrogens (tertiary/aromatic N) is 5. The van der Waals surface area contributed by atoms with Crippen molar-refractivity contribution >= 4 is 33.4 Å². The number of anilines is 1. The van der Waals surface area contributed by atoms with E-state index >= 15 is 0 Å². The number of imidazole rings is 1. The minimum Gasteiger partial charge on any atom is -0.371 e. The van der Waals surface area contributed by atoms with Gasteiger partial charge < -0.3 is 14.2 Å². The van der Waals surface area contributed by atoms with Gasteiger partial charge in [0.2, 0.25) is 11.0 Å². The molecule has 1 aliphatic rings. The standard InChI is InChI=1S/C18H22N6O2S/c1-23(2)10-15-19-12-6-3-4-7-13(12)24(15)11-16(25)20-18-22-21-17(27-18)14-8-5-9-26-14/h3-4,6-7,14H,5,8-11H2,1-2H3,(H,20,22,25). The normalized spacial score (nSPS) is 17.1. The van der Waals surface area contributed by atoms with Gasteiger partial charge in [0.15, 0.2) is 0 Å². The Morgan fingerprint density at radius 1 is 1.37 bits per heavy atom. The summed E-state index contributed by atoms with van der Waals surface area (Å²) in [6.45, 7) is 1.59. The topological polar surface area (TPSA) is 85.2 Å². The summed E-state index contributed by atoms with van der Waals surface area (Å²) >= 11 is 1.38. The van der Waals surface area contributed by atoms with Gasteiger partial charge in [0.05, 0.1) is 17.6 Å². The maximum atomic E-state index is 12.6. The molecule has 1 atom stereocenters. The van der Waals surface area contributed by atoms with E-state index < -0.39 is 0 Å². The third-order valence-corrected chi connectivity index (χ3v) is 5.32. The molecular weight excluding hydrogens is 364 g/mol. The molecule has 1 aromatic carbocycles. The van der Waals surface area contributed by atoms with E-state index in [9.17, 15) is 4.79 Å². The first-order chi connectivity index (χ1) is 13.1. The fourth-order valence-electron chi connectivity index (χ4n) is 3.20. The maximum Gasteiger partial charge on any atom is 0.246 e. The van der Waals surface area contributed by atoms with Crippen LogP contribution in [-0.2, 0) is 22.6 Å². The molecule has 9 heteroatoms. The highest BCUT2D eigenvalue weighted by atomic mass is 32.1. The van der Waals surface area contributed by atoms with Gasteiger partial charge >= 0.3 is 0 Å². The lowest BCUT2D eigenvalue weighted by molar-refractivity contribution is -0.116. The zero-order valence-corrected chi connectivity index (χ0v) is 16.2. The maximum absolute atomic E-state index is 12.6. The molecule has 27 heavy (non-hydrogen) atoms. The van der Waals surface area contributed by atoms with Gasteiger partial charge in [-0.15, -0.1) is 10.2 Å². The molecule has 8 nitrogen and oxygen atoms in total. The number of ether oxygens (including phenoxy) is 1. The summed E-state index contributed by atoms with van der Waals surface area (Å²) in [5.74, 6) is 0.710. The highest BCUT2D eigenvalue weighted by Gasteiger charge is 2.22. The molecule has 0 spiro atoms. The lowest BCUT2D eigenvalue weighted by atomic mass is 10.2. The third kappa shape index (κ3) is 4.00. The van der Waals surface area contributed by atoms with E-state index in [0.717, 1.165) is 41.3 Å². The number of hydrogen-bond acceptors (Lipinski definition) is 7. The molecule has 0 bridgehead atoms. The third-order valence-electron chi connectivity index (χ3n) is 4.39. The number of rotatable bonds is 6. The van der Waals surface area contributed by atoms with Crippen LogP contribution in [0.2, 0.25) is 0 Å². The lowest BCUT2D eigenvalue weighted by Gasteiger charge is -2.12. The van der Waals surface area contributed by atoms with Crippen LogP contribution in [0.1, 0.15) is 29.8 Å². The number of hydrogen-bond donors (Lipinski definition) is 1. The van der Waals surface area contributed by atoms with E-state index in [1.165, 1.54) is 11.3 Å². The van der Waals surface area contributed by atoms with Crippen molar-refractivity contribution in [2.75, 3.05) is 26.0 Å². The Hall–Kier alpha value is -2.36. The van der Waals surface area contributed by atoms with Gasteiger partial charge in [0.25, 0.3) is 0 Å². The lowest BCUT2D eigenvalue weighted by Crippen LogP contribution is -2.22. The van der Waals surface area contributed by atoms with Crippen molar-refractivity contribution in [3.8, 4) is 0 Å². The van der Waals surface area contributed by atoms with Crippen molar-refractivity contribution in [1.82, 2.24) is 24.6 Å². The number of carbonyl (C=O) groups excluding carboxylic acids is 1. The van der Waals surface area contributed by atoms with Crippen LogP contribution in [0.15, 0.2) is 24.3 Å². The van der Waals surface area contributed by atoms with Crippen molar-refractivity contribution in [3.63, 3.8) is 0 Å². The molecule has 4 rings (SSSR count). The van der Waals surface area contributed by atoms with Gasteiger partial charge in [-0.25, -0.2) is 4.98 Å². The first-order valence-electron chi connectivity index (χ1n) is 8.94. The van der Waals surface area contributed by atoms with Crippen LogP contribution in [0.4, 0.5) is 5.13 Å². The summed E-state index contributed by atoms with van der Waals surface area (Å²) in [4.78, 5) is 19.3. The van der Waals surface area contributed by atoms with Gasteiger partial charge in [0.1, 0.15) is 23.5 Å². The van der Waals surface area contributed by atoms with Gasteiger partial charge in [-0.2, -0.15) is 0 Å². The minimum absolute atomic E-state index is 0.0115. The van der Waals surface area contributed by atoms with Crippen molar-refractivity contribution in [3.05, 3.63) is 35.1 Å². The SMILES string of the molecule is CN(C)Cc1nc2ccccc2n1CC(=O)Nc1nnc(C2CCCO2)s1. The van der Waals surface area contributed by atoms with Gasteiger partial charge in [0, 0.05) is 6.61 Å². The fourth-order valence-corrected chi connectivity index (χ4v) is 4.04. The van der Waals surface area contributed by atoms with Crippen LogP contribution in [0, 0.1) is 0 Å². The zero-order chi connectivity index (χ0) is 18.8. The molecule has 3 heterocycles. The molecule has 1 N–H and O–H groups in total. The number of nitrogens with one attached hydrogen (secondary N) is 1. The Morgan fingerprint density at radius 2 is 2.22 bits per heavy atom. The van der Waals surface area contributed by atoms with Crippen molar-refractivity contribution in [2.24, 2.45) is 0 Å². The van der Waals surface area contributed by atoms with E-state index in [1.807, 2.05) is 47.8 Å². The highest BCUT2D eigenvalue weighted by Crippen LogP contribution is 2.31. The molecule has 1 fully saturated rings. The Labute approximate surface area is 161 Å². The molecule has 0 radical (unpaired) electrons.